The summed E-state index contributed by atoms with van der Waals surface area (Å²) in [6, 6.07) is 18.6. The Morgan fingerprint density at radius 1 is 1.00 bits per heavy atom. The maximum Gasteiger partial charge on any atom is 0.191 e. The number of nitrogens with zero attached hydrogens (tertiary/aromatic N) is 4. The van der Waals surface area contributed by atoms with E-state index in [-0.39, 0.29) is 0 Å². The monoisotopic (exact) mass is 462 g/mol. The largest absolute Gasteiger partial charge is 0.490 e. The van der Waals surface area contributed by atoms with Gasteiger partial charge < -0.3 is 9.30 Å². The summed E-state index contributed by atoms with van der Waals surface area (Å²) in [5.74, 6) is 2.61. The molecule has 0 spiro atoms. The molecule has 0 aliphatic heterocycles. The van der Waals surface area contributed by atoms with Gasteiger partial charge in [-0.1, -0.05) is 42.1 Å². The minimum atomic E-state index is 0.372. The average molecular weight is 463 g/mol. The number of ether oxygens (including phenoxy) is 1. The van der Waals surface area contributed by atoms with Gasteiger partial charge in [-0.15, -0.1) is 21.5 Å². The van der Waals surface area contributed by atoms with Crippen LogP contribution in [0.2, 0.25) is 0 Å². The van der Waals surface area contributed by atoms with Gasteiger partial charge in [-0.2, -0.15) is 0 Å². The molecule has 1 saturated carbocycles. The molecule has 1 aliphatic carbocycles. The molecule has 0 radical (unpaired) electrons. The summed E-state index contributed by atoms with van der Waals surface area (Å²) in [4.78, 5) is 4.79. The van der Waals surface area contributed by atoms with Crippen LogP contribution in [0.15, 0.2) is 65.1 Å². The van der Waals surface area contributed by atoms with Crippen molar-refractivity contribution in [1.29, 1.82) is 0 Å². The molecule has 1 aliphatic rings. The second-order valence-electron chi connectivity index (χ2n) is 7.90. The summed E-state index contributed by atoms with van der Waals surface area (Å²) in [7, 11) is 0. The van der Waals surface area contributed by atoms with Gasteiger partial charge in [0.15, 0.2) is 11.0 Å². The third-order valence-electron chi connectivity index (χ3n) is 5.67. The van der Waals surface area contributed by atoms with Crippen LogP contribution in [0.25, 0.3) is 22.0 Å². The van der Waals surface area contributed by atoms with Gasteiger partial charge in [-0.3, -0.25) is 0 Å². The minimum absolute atomic E-state index is 0.372. The lowest BCUT2D eigenvalue weighted by Crippen LogP contribution is -2.10. The average Bonchev–Trinajstić information content (AvgIpc) is 3.60. The zero-order valence-electron chi connectivity index (χ0n) is 18.1. The molecular formula is C25H26N4OS2. The van der Waals surface area contributed by atoms with Gasteiger partial charge in [0.25, 0.3) is 0 Å². The van der Waals surface area contributed by atoms with Crippen LogP contribution in [0.4, 0.5) is 0 Å². The van der Waals surface area contributed by atoms with Gasteiger partial charge in [0.2, 0.25) is 0 Å². The van der Waals surface area contributed by atoms with E-state index in [2.05, 4.69) is 63.5 Å². The molecule has 0 bridgehead atoms. The van der Waals surface area contributed by atoms with Crippen LogP contribution >= 0.6 is 23.1 Å². The quantitative estimate of drug-likeness (QED) is 0.273. The van der Waals surface area contributed by atoms with E-state index in [1.54, 1.807) is 23.1 Å². The molecule has 0 atom stereocenters. The molecule has 7 heteroatoms. The van der Waals surface area contributed by atoms with Crippen molar-refractivity contribution in [3.05, 3.63) is 65.7 Å². The van der Waals surface area contributed by atoms with Gasteiger partial charge in [0, 0.05) is 28.8 Å². The Kier molecular flexibility index (Phi) is 6.55. The topological polar surface area (TPSA) is 52.8 Å². The Bertz CT molecular complexity index is 1150. The molecule has 1 fully saturated rings. The molecule has 0 saturated heterocycles. The van der Waals surface area contributed by atoms with Crippen molar-refractivity contribution in [3.8, 4) is 27.7 Å². The predicted molar refractivity (Wildman–Crippen MR) is 131 cm³/mol. The zero-order valence-corrected chi connectivity index (χ0v) is 19.7. The highest BCUT2D eigenvalue weighted by atomic mass is 32.2. The van der Waals surface area contributed by atoms with Crippen LogP contribution in [0, 0.1) is 0 Å². The Hall–Kier alpha value is -2.64. The number of hydrogen-bond donors (Lipinski definition) is 0. The van der Waals surface area contributed by atoms with Crippen LogP contribution < -0.4 is 4.74 Å². The Morgan fingerprint density at radius 2 is 1.78 bits per heavy atom. The highest BCUT2D eigenvalue weighted by molar-refractivity contribution is 7.98. The third kappa shape index (κ3) is 4.74. The van der Waals surface area contributed by atoms with E-state index in [1.165, 1.54) is 25.7 Å². The first-order valence-electron chi connectivity index (χ1n) is 11.1. The number of hydrogen-bond acceptors (Lipinski definition) is 6. The summed E-state index contributed by atoms with van der Waals surface area (Å²) >= 11 is 3.37. The van der Waals surface area contributed by atoms with Crippen molar-refractivity contribution in [2.45, 2.75) is 56.2 Å². The summed E-state index contributed by atoms with van der Waals surface area (Å²) in [6.07, 6.45) is 5.25. The van der Waals surface area contributed by atoms with Crippen molar-refractivity contribution >= 4 is 23.1 Å². The fourth-order valence-corrected chi connectivity index (χ4v) is 5.83. The van der Waals surface area contributed by atoms with E-state index in [0.29, 0.717) is 6.10 Å². The molecule has 32 heavy (non-hydrogen) atoms. The molecule has 2 aromatic heterocycles. The van der Waals surface area contributed by atoms with E-state index < -0.39 is 0 Å². The highest BCUT2D eigenvalue weighted by Crippen LogP contribution is 2.30. The second kappa shape index (κ2) is 9.88. The molecule has 2 heterocycles. The van der Waals surface area contributed by atoms with Crippen LogP contribution in [-0.4, -0.2) is 25.9 Å². The van der Waals surface area contributed by atoms with Crippen molar-refractivity contribution in [3.63, 3.8) is 0 Å². The number of aromatic nitrogens is 4. The maximum atomic E-state index is 6.10. The molecule has 0 N–H and O–H groups in total. The van der Waals surface area contributed by atoms with Gasteiger partial charge >= 0.3 is 0 Å². The van der Waals surface area contributed by atoms with Crippen molar-refractivity contribution in [1.82, 2.24) is 19.7 Å². The van der Waals surface area contributed by atoms with E-state index >= 15 is 0 Å². The van der Waals surface area contributed by atoms with E-state index in [0.717, 1.165) is 50.9 Å². The number of rotatable bonds is 8. The summed E-state index contributed by atoms with van der Waals surface area (Å²) in [6.45, 7) is 2.95. The van der Waals surface area contributed by atoms with Gasteiger partial charge in [0.1, 0.15) is 10.8 Å². The zero-order chi connectivity index (χ0) is 21.8. The molecular weight excluding hydrogens is 436 g/mol. The van der Waals surface area contributed by atoms with Crippen molar-refractivity contribution in [2.24, 2.45) is 0 Å². The molecule has 0 unspecified atom stereocenters. The molecule has 5 nitrogen and oxygen atoms in total. The van der Waals surface area contributed by atoms with Crippen LogP contribution in [0.5, 0.6) is 5.75 Å². The summed E-state index contributed by atoms with van der Waals surface area (Å²) in [5, 5.41) is 13.1. The first kappa shape index (κ1) is 21.2. The Balaban J connectivity index is 1.26. The van der Waals surface area contributed by atoms with Crippen LogP contribution in [0.3, 0.4) is 0 Å². The fraction of sp³-hybridized carbons (Fsp3) is 0.320. The lowest BCUT2D eigenvalue weighted by atomic mass is 10.2. The Labute approximate surface area is 196 Å². The van der Waals surface area contributed by atoms with E-state index in [4.69, 9.17) is 9.72 Å². The first-order valence-corrected chi connectivity index (χ1v) is 13.0. The normalized spacial score (nSPS) is 14.2. The molecule has 5 rings (SSSR count). The van der Waals surface area contributed by atoms with Crippen LogP contribution in [0.1, 0.15) is 38.3 Å². The molecule has 2 aromatic carbocycles. The van der Waals surface area contributed by atoms with E-state index in [1.807, 2.05) is 18.2 Å². The van der Waals surface area contributed by atoms with Gasteiger partial charge in [-0.25, -0.2) is 4.98 Å². The smallest absolute Gasteiger partial charge is 0.191 e. The van der Waals surface area contributed by atoms with Crippen molar-refractivity contribution < 1.29 is 4.74 Å². The maximum absolute atomic E-state index is 6.10. The SMILES string of the molecule is CCn1c(SCc2csc(-c3ccccc3)n2)nnc1-c1ccc(OC2CCCC2)cc1. The summed E-state index contributed by atoms with van der Waals surface area (Å²) in [5.41, 5.74) is 3.29. The van der Waals surface area contributed by atoms with Crippen molar-refractivity contribution in [2.75, 3.05) is 0 Å². The van der Waals surface area contributed by atoms with E-state index in [9.17, 15) is 0 Å². The molecule has 164 valence electrons. The number of benzene rings is 2. The lowest BCUT2D eigenvalue weighted by molar-refractivity contribution is 0.210. The second-order valence-corrected chi connectivity index (χ2v) is 9.70. The van der Waals surface area contributed by atoms with Crippen LogP contribution in [-0.2, 0) is 12.3 Å². The third-order valence-corrected chi connectivity index (χ3v) is 7.61. The van der Waals surface area contributed by atoms with Gasteiger partial charge in [0.05, 0.1) is 11.8 Å². The lowest BCUT2D eigenvalue weighted by Gasteiger charge is -2.13. The number of thioether (sulfide) groups is 1. The molecule has 4 aromatic rings. The van der Waals surface area contributed by atoms with Gasteiger partial charge in [-0.05, 0) is 56.9 Å². The number of thiazole rings is 1. The summed E-state index contributed by atoms with van der Waals surface area (Å²) < 4.78 is 8.27. The Morgan fingerprint density at radius 3 is 2.53 bits per heavy atom. The fourth-order valence-electron chi connectivity index (χ4n) is 4.00. The predicted octanol–water partition coefficient (Wildman–Crippen LogP) is 6.70. The minimum Gasteiger partial charge on any atom is -0.490 e. The molecule has 0 amide bonds. The standard InChI is InChI=1S/C25H26N4OS2/c1-2-29-23(18-12-14-22(15-13-18)30-21-10-6-7-11-21)27-28-25(29)32-17-20-16-31-24(26-20)19-8-4-3-5-9-19/h3-5,8-9,12-16,21H,2,6-7,10-11,17H2,1H3. The first-order chi connectivity index (χ1) is 15.8. The highest BCUT2D eigenvalue weighted by Gasteiger charge is 2.17.